The molecule has 1 aromatic rings. The largest absolute Gasteiger partial charge is 0.453 e. The predicted molar refractivity (Wildman–Crippen MR) is 51.9 cm³/mol. The number of ether oxygens (including phenoxy) is 1. The van der Waals surface area contributed by atoms with Gasteiger partial charge >= 0.3 is 6.09 Å². The highest BCUT2D eigenvalue weighted by Gasteiger charge is 2.05. The first-order valence-corrected chi connectivity index (χ1v) is 3.98. The van der Waals surface area contributed by atoms with Crippen molar-refractivity contribution in [2.45, 2.75) is 0 Å². The maximum absolute atomic E-state index is 10.8. The molecular weight excluding hydrogens is 224 g/mol. The van der Waals surface area contributed by atoms with Crippen molar-refractivity contribution in [3.05, 3.63) is 21.7 Å². The van der Waals surface area contributed by atoms with Crippen LogP contribution in [0.5, 0.6) is 0 Å². The van der Waals surface area contributed by atoms with E-state index in [0.29, 0.717) is 0 Å². The van der Waals surface area contributed by atoms with E-state index in [1.165, 1.54) is 13.2 Å². The third kappa shape index (κ3) is 3.29. The Bertz CT molecular complexity index is 430. The fourth-order valence-electron chi connectivity index (χ4n) is 0.701. The van der Waals surface area contributed by atoms with Gasteiger partial charge in [-0.05, 0) is 10.6 Å². The number of halogens is 1. The summed E-state index contributed by atoms with van der Waals surface area (Å²) in [7, 11) is 1.19. The number of anilines is 1. The minimum absolute atomic E-state index is 0.00361. The molecule has 1 amide bonds. The Morgan fingerprint density at radius 3 is 3.07 bits per heavy atom. The van der Waals surface area contributed by atoms with Gasteiger partial charge < -0.3 is 4.74 Å². The van der Waals surface area contributed by atoms with Gasteiger partial charge in [0.25, 0.3) is 0 Å². The summed E-state index contributed by atoms with van der Waals surface area (Å²) in [6.07, 6.45) is -0.746. The van der Waals surface area contributed by atoms with Crippen molar-refractivity contribution >= 4 is 29.5 Å². The number of hydrogen-bond acceptors (Lipinski definition) is 5. The second kappa shape index (κ2) is 4.99. The molecule has 0 bridgehead atoms. The van der Waals surface area contributed by atoms with E-state index in [-0.39, 0.29) is 16.9 Å². The smallest absolute Gasteiger partial charge is 0.413 e. The zero-order chi connectivity index (χ0) is 11.3. The van der Waals surface area contributed by atoms with E-state index in [1.807, 2.05) is 0 Å². The van der Waals surface area contributed by atoms with Crippen LogP contribution in [0.15, 0.2) is 11.2 Å². The number of carbonyl (C=O) groups is 1. The van der Waals surface area contributed by atoms with Crippen molar-refractivity contribution in [2.75, 3.05) is 12.4 Å². The molecule has 9 heteroatoms. The molecule has 1 aromatic heterocycles. The van der Waals surface area contributed by atoms with Gasteiger partial charge in [0, 0.05) is 11.0 Å². The molecule has 1 rings (SSSR count). The van der Waals surface area contributed by atoms with Gasteiger partial charge in [0.1, 0.15) is 11.0 Å². The summed E-state index contributed by atoms with van der Waals surface area (Å²) in [5.74, 6) is -0.0966. The molecule has 0 spiro atoms. The van der Waals surface area contributed by atoms with E-state index in [1.54, 1.807) is 0 Å². The molecule has 0 aliphatic carbocycles. The lowest BCUT2D eigenvalue weighted by Gasteiger charge is -2.02. The Morgan fingerprint density at radius 2 is 2.47 bits per heavy atom. The Balaban J connectivity index is 2.98. The molecule has 0 saturated heterocycles. The van der Waals surface area contributed by atoms with Crippen molar-refractivity contribution in [2.24, 2.45) is 5.11 Å². The van der Waals surface area contributed by atoms with Crippen LogP contribution in [-0.4, -0.2) is 23.2 Å². The summed E-state index contributed by atoms with van der Waals surface area (Å²) in [6.45, 7) is 0. The summed E-state index contributed by atoms with van der Waals surface area (Å²) in [5.41, 5.74) is 8.17. The van der Waals surface area contributed by atoms with Crippen LogP contribution in [0.3, 0.4) is 0 Å². The van der Waals surface area contributed by atoms with Gasteiger partial charge in [0.05, 0.1) is 7.11 Å². The highest BCUT2D eigenvalue weighted by atomic mass is 35.5. The number of hydrogen-bond donors (Lipinski definition) is 1. The summed E-state index contributed by atoms with van der Waals surface area (Å²) in [4.78, 5) is 20.7. The van der Waals surface area contributed by atoms with Crippen LogP contribution in [-0.2, 0) is 4.74 Å². The first-order valence-electron chi connectivity index (χ1n) is 3.60. The summed E-state index contributed by atoms with van der Waals surface area (Å²) in [6, 6.07) is 1.25. The number of nitrogens with zero attached hydrogens (tertiary/aromatic N) is 5. The molecule has 1 heterocycles. The number of methoxy groups -OCH3 is 1. The van der Waals surface area contributed by atoms with E-state index in [9.17, 15) is 4.79 Å². The van der Waals surface area contributed by atoms with Crippen molar-refractivity contribution in [1.82, 2.24) is 9.97 Å². The fourth-order valence-corrected chi connectivity index (χ4v) is 0.879. The number of nitrogens with one attached hydrogen (secondary N) is 1. The number of amides is 1. The third-order valence-corrected chi connectivity index (χ3v) is 1.42. The quantitative estimate of drug-likeness (QED) is 0.362. The third-order valence-electron chi connectivity index (χ3n) is 1.23. The van der Waals surface area contributed by atoms with E-state index in [4.69, 9.17) is 17.1 Å². The Kier molecular flexibility index (Phi) is 3.67. The lowest BCUT2D eigenvalue weighted by molar-refractivity contribution is 0.186. The molecule has 0 unspecified atom stereocenters. The van der Waals surface area contributed by atoms with Gasteiger partial charge in [0.2, 0.25) is 5.95 Å². The maximum Gasteiger partial charge on any atom is 0.413 e. The molecule has 0 saturated carbocycles. The molecule has 0 aromatic carbocycles. The summed E-state index contributed by atoms with van der Waals surface area (Å²) >= 11 is 5.59. The van der Waals surface area contributed by atoms with E-state index in [2.05, 4.69) is 30.0 Å². The normalized spacial score (nSPS) is 8.93. The van der Waals surface area contributed by atoms with Gasteiger partial charge in [-0.15, -0.1) is 0 Å². The molecule has 8 nitrogen and oxygen atoms in total. The molecule has 1 N–H and O–H groups in total. The Hall–Kier alpha value is -2.05. The average molecular weight is 229 g/mol. The van der Waals surface area contributed by atoms with Crippen LogP contribution >= 0.6 is 11.6 Å². The Morgan fingerprint density at radius 1 is 1.73 bits per heavy atom. The summed E-state index contributed by atoms with van der Waals surface area (Å²) in [5, 5.41) is 5.43. The first-order chi connectivity index (χ1) is 7.15. The average Bonchev–Trinajstić information content (AvgIpc) is 2.17. The lowest BCUT2D eigenvalue weighted by Crippen LogP contribution is -2.13. The van der Waals surface area contributed by atoms with Crippen molar-refractivity contribution in [3.8, 4) is 0 Å². The summed E-state index contributed by atoms with van der Waals surface area (Å²) < 4.78 is 4.32. The number of rotatable bonds is 2. The standard InChI is InChI=1S/C6H5ClN6O2/c1-15-6(14)11-5-9-3(7)2-4(10-5)12-13-8/h2H,1H3,(H,9,10,11,14). The highest BCUT2D eigenvalue weighted by Crippen LogP contribution is 2.16. The number of azide groups is 1. The van der Waals surface area contributed by atoms with Crippen LogP contribution in [0, 0.1) is 0 Å². The lowest BCUT2D eigenvalue weighted by atomic mass is 10.6. The van der Waals surface area contributed by atoms with Crippen LogP contribution in [0.1, 0.15) is 0 Å². The van der Waals surface area contributed by atoms with E-state index < -0.39 is 6.09 Å². The monoisotopic (exact) mass is 228 g/mol. The molecular formula is C6H5ClN6O2. The molecule has 0 atom stereocenters. The van der Waals surface area contributed by atoms with Gasteiger partial charge in [-0.1, -0.05) is 11.6 Å². The zero-order valence-corrected chi connectivity index (χ0v) is 8.26. The number of aromatic nitrogens is 2. The van der Waals surface area contributed by atoms with Gasteiger partial charge in [-0.25, -0.2) is 14.8 Å². The van der Waals surface area contributed by atoms with Crippen molar-refractivity contribution in [1.29, 1.82) is 0 Å². The molecule has 15 heavy (non-hydrogen) atoms. The second-order valence-electron chi connectivity index (χ2n) is 2.18. The molecule has 0 fully saturated rings. The molecule has 78 valence electrons. The minimum atomic E-state index is -0.746. The van der Waals surface area contributed by atoms with Crippen LogP contribution in [0.25, 0.3) is 10.4 Å². The molecule has 0 aliphatic rings. The fraction of sp³-hybridized carbons (Fsp3) is 0.167. The number of carbonyl (C=O) groups excluding carboxylic acids is 1. The molecule has 0 aliphatic heterocycles. The first kappa shape index (κ1) is 11.0. The van der Waals surface area contributed by atoms with Crippen LogP contribution in [0.4, 0.5) is 16.6 Å². The van der Waals surface area contributed by atoms with E-state index >= 15 is 0 Å². The van der Waals surface area contributed by atoms with Gasteiger partial charge in [0.15, 0.2) is 0 Å². The topological polar surface area (TPSA) is 113 Å². The van der Waals surface area contributed by atoms with Crippen LogP contribution < -0.4 is 5.32 Å². The Labute approximate surface area is 88.9 Å². The predicted octanol–water partition coefficient (Wildman–Crippen LogP) is 2.25. The van der Waals surface area contributed by atoms with Crippen LogP contribution in [0.2, 0.25) is 5.15 Å². The maximum atomic E-state index is 10.8. The molecule has 0 radical (unpaired) electrons. The van der Waals surface area contributed by atoms with E-state index in [0.717, 1.165) is 0 Å². The highest BCUT2D eigenvalue weighted by molar-refractivity contribution is 6.29. The zero-order valence-electron chi connectivity index (χ0n) is 7.51. The minimum Gasteiger partial charge on any atom is -0.453 e. The van der Waals surface area contributed by atoms with Gasteiger partial charge in [-0.2, -0.15) is 0 Å². The van der Waals surface area contributed by atoms with Crippen molar-refractivity contribution < 1.29 is 9.53 Å². The van der Waals surface area contributed by atoms with Gasteiger partial charge in [-0.3, -0.25) is 5.32 Å². The SMILES string of the molecule is COC(=O)Nc1nc(Cl)cc(N=[N+]=[N-])n1. The second-order valence-corrected chi connectivity index (χ2v) is 2.57. The van der Waals surface area contributed by atoms with Crippen molar-refractivity contribution in [3.63, 3.8) is 0 Å².